The van der Waals surface area contributed by atoms with Crippen LogP contribution in [-0.4, -0.2) is 36.0 Å². The van der Waals surface area contributed by atoms with E-state index in [0.717, 1.165) is 4.90 Å². The van der Waals surface area contributed by atoms with Crippen molar-refractivity contribution in [2.75, 3.05) is 11.5 Å². The van der Waals surface area contributed by atoms with Gasteiger partial charge in [0.15, 0.2) is 5.78 Å². The van der Waals surface area contributed by atoms with Crippen molar-refractivity contribution in [3.8, 4) is 0 Å². The van der Waals surface area contributed by atoms with Gasteiger partial charge in [-0.05, 0) is 51.0 Å². The van der Waals surface area contributed by atoms with E-state index in [0.29, 0.717) is 27.8 Å². The molecule has 1 aliphatic heterocycles. The highest BCUT2D eigenvalue weighted by Crippen LogP contribution is 2.53. The molecule has 2 amide bonds. The van der Waals surface area contributed by atoms with E-state index in [-0.39, 0.29) is 23.1 Å². The fourth-order valence-electron chi connectivity index (χ4n) is 5.59. The summed E-state index contributed by atoms with van der Waals surface area (Å²) < 4.78 is 11.1. The average molecular weight is 546 g/mol. The van der Waals surface area contributed by atoms with Crippen molar-refractivity contribution in [2.24, 2.45) is 5.92 Å². The number of carbonyl (C=O) groups is 4. The highest BCUT2D eigenvalue weighted by Gasteiger charge is 2.54. The summed E-state index contributed by atoms with van der Waals surface area (Å²) in [6.07, 6.45) is -0.860. The monoisotopic (exact) mass is 545 g/mol. The van der Waals surface area contributed by atoms with Crippen molar-refractivity contribution in [3.05, 3.63) is 99.6 Å². The van der Waals surface area contributed by atoms with Gasteiger partial charge in [0.1, 0.15) is 5.60 Å². The van der Waals surface area contributed by atoms with Crippen LogP contribution in [0.1, 0.15) is 72.1 Å². The molecular formula is C31H28ClNO6. The standard InChI is InChI=1S/C31H28ClNO6/c1-5-38-29(36)26(23-17-11-6-8-13-19(17)27(34)20-14-9-7-12-18(20)23)25-24-21(32)15-10-16-22(24)33(28(25)35)30(37)39-31(2,3)4/h6-16,23,25-26H,5H2,1-4H3/t25-,26-/m0/s1. The van der Waals surface area contributed by atoms with Crippen LogP contribution in [0.25, 0.3) is 0 Å². The molecule has 0 saturated carbocycles. The summed E-state index contributed by atoms with van der Waals surface area (Å²) in [6.45, 7) is 6.88. The second-order valence-corrected chi connectivity index (χ2v) is 11.0. The molecule has 0 spiro atoms. The van der Waals surface area contributed by atoms with Gasteiger partial charge in [0, 0.05) is 27.6 Å². The molecule has 0 N–H and O–H groups in total. The van der Waals surface area contributed by atoms with E-state index in [9.17, 15) is 19.2 Å². The SMILES string of the molecule is CCOC(=O)[C@@H](C1c2ccccc2C(=O)c2ccccc21)[C@H]1C(=O)N(C(=O)OC(C)(C)C)c2cccc(Cl)c21. The number of esters is 1. The molecule has 3 aromatic carbocycles. The first-order chi connectivity index (χ1) is 18.5. The number of halogens is 1. The first-order valence-corrected chi connectivity index (χ1v) is 13.2. The zero-order valence-electron chi connectivity index (χ0n) is 22.1. The molecular weight excluding hydrogens is 518 g/mol. The summed E-state index contributed by atoms with van der Waals surface area (Å²) in [6, 6.07) is 19.0. The summed E-state index contributed by atoms with van der Waals surface area (Å²) in [5.74, 6) is -4.44. The van der Waals surface area contributed by atoms with Gasteiger partial charge >= 0.3 is 12.1 Å². The van der Waals surface area contributed by atoms with Crippen LogP contribution >= 0.6 is 11.6 Å². The number of ketones is 1. The minimum absolute atomic E-state index is 0.0797. The number of amides is 2. The Bertz CT molecular complexity index is 1460. The van der Waals surface area contributed by atoms with Crippen molar-refractivity contribution in [1.82, 2.24) is 0 Å². The Labute approximate surface area is 231 Å². The fourth-order valence-corrected chi connectivity index (χ4v) is 5.88. The number of hydrogen-bond acceptors (Lipinski definition) is 6. The molecule has 1 heterocycles. The van der Waals surface area contributed by atoms with Crippen LogP contribution in [-0.2, 0) is 19.1 Å². The molecule has 8 heteroatoms. The van der Waals surface area contributed by atoms with Crippen LogP contribution in [0.2, 0.25) is 5.02 Å². The molecule has 0 radical (unpaired) electrons. The van der Waals surface area contributed by atoms with E-state index in [4.69, 9.17) is 21.1 Å². The van der Waals surface area contributed by atoms with Gasteiger partial charge < -0.3 is 9.47 Å². The molecule has 200 valence electrons. The average Bonchev–Trinajstić information content (AvgIpc) is 3.18. The number of fused-ring (bicyclic) bond motifs is 3. The third kappa shape index (κ3) is 4.51. The predicted octanol–water partition coefficient (Wildman–Crippen LogP) is 6.26. The number of imide groups is 1. The molecule has 2 aliphatic rings. The Morgan fingerprint density at radius 2 is 1.49 bits per heavy atom. The lowest BCUT2D eigenvalue weighted by Gasteiger charge is -2.35. The van der Waals surface area contributed by atoms with Gasteiger partial charge in [-0.25, -0.2) is 9.69 Å². The van der Waals surface area contributed by atoms with Crippen LogP contribution in [0.5, 0.6) is 0 Å². The first-order valence-electron chi connectivity index (χ1n) is 12.8. The first kappa shape index (κ1) is 26.6. The normalized spacial score (nSPS) is 17.3. The zero-order chi connectivity index (χ0) is 28.1. The van der Waals surface area contributed by atoms with Crippen molar-refractivity contribution in [1.29, 1.82) is 0 Å². The lowest BCUT2D eigenvalue weighted by atomic mass is 9.67. The van der Waals surface area contributed by atoms with Crippen molar-refractivity contribution in [2.45, 2.75) is 45.1 Å². The van der Waals surface area contributed by atoms with E-state index < -0.39 is 41.3 Å². The highest BCUT2D eigenvalue weighted by atomic mass is 35.5. The molecule has 1 aliphatic carbocycles. The summed E-state index contributed by atoms with van der Waals surface area (Å²) in [5, 5.41) is 0.236. The van der Waals surface area contributed by atoms with Gasteiger partial charge in [-0.15, -0.1) is 0 Å². The van der Waals surface area contributed by atoms with E-state index in [1.165, 1.54) is 0 Å². The Kier molecular flexibility index (Phi) is 6.81. The molecule has 39 heavy (non-hydrogen) atoms. The number of benzene rings is 3. The van der Waals surface area contributed by atoms with Gasteiger partial charge in [0.05, 0.1) is 24.1 Å². The number of anilines is 1. The summed E-state index contributed by atoms with van der Waals surface area (Å²) in [4.78, 5) is 55.7. The second-order valence-electron chi connectivity index (χ2n) is 10.6. The van der Waals surface area contributed by atoms with Crippen LogP contribution in [0.15, 0.2) is 66.7 Å². The Balaban J connectivity index is 1.75. The van der Waals surface area contributed by atoms with E-state index in [2.05, 4.69) is 0 Å². The maximum Gasteiger partial charge on any atom is 0.421 e. The number of ether oxygens (including phenoxy) is 2. The number of rotatable bonds is 4. The van der Waals surface area contributed by atoms with Gasteiger partial charge in [-0.3, -0.25) is 14.4 Å². The lowest BCUT2D eigenvalue weighted by molar-refractivity contribution is -0.151. The molecule has 0 bridgehead atoms. The Morgan fingerprint density at radius 1 is 0.897 bits per heavy atom. The van der Waals surface area contributed by atoms with Crippen molar-refractivity contribution >= 4 is 41.0 Å². The third-order valence-electron chi connectivity index (χ3n) is 7.00. The second kappa shape index (κ2) is 9.97. The topological polar surface area (TPSA) is 90.0 Å². The number of hydrogen-bond donors (Lipinski definition) is 0. The molecule has 0 aromatic heterocycles. The van der Waals surface area contributed by atoms with Gasteiger partial charge in [0.2, 0.25) is 5.91 Å². The van der Waals surface area contributed by atoms with Crippen molar-refractivity contribution < 1.29 is 28.7 Å². The summed E-state index contributed by atoms with van der Waals surface area (Å²) in [5.41, 5.74) is 1.85. The fraction of sp³-hybridized carbons (Fsp3) is 0.290. The number of nitrogens with zero attached hydrogens (tertiary/aromatic N) is 1. The number of carbonyl (C=O) groups excluding carboxylic acids is 4. The molecule has 2 atom stereocenters. The maximum absolute atomic E-state index is 14.2. The molecule has 0 unspecified atom stereocenters. The zero-order valence-corrected chi connectivity index (χ0v) is 22.8. The maximum atomic E-state index is 14.2. The van der Waals surface area contributed by atoms with Crippen LogP contribution in [0.3, 0.4) is 0 Å². The minimum atomic E-state index is -1.17. The molecule has 0 saturated heterocycles. The van der Waals surface area contributed by atoms with E-state index >= 15 is 0 Å². The Morgan fingerprint density at radius 3 is 2.05 bits per heavy atom. The molecule has 5 rings (SSSR count). The predicted molar refractivity (Wildman–Crippen MR) is 146 cm³/mol. The third-order valence-corrected chi connectivity index (χ3v) is 7.33. The summed E-state index contributed by atoms with van der Waals surface area (Å²) >= 11 is 6.68. The molecule has 7 nitrogen and oxygen atoms in total. The van der Waals surface area contributed by atoms with Gasteiger partial charge in [-0.1, -0.05) is 66.2 Å². The van der Waals surface area contributed by atoms with E-state index in [1.54, 1.807) is 94.4 Å². The highest BCUT2D eigenvalue weighted by molar-refractivity contribution is 6.34. The van der Waals surface area contributed by atoms with Crippen LogP contribution in [0.4, 0.5) is 10.5 Å². The summed E-state index contributed by atoms with van der Waals surface area (Å²) in [7, 11) is 0. The van der Waals surface area contributed by atoms with Gasteiger partial charge in [-0.2, -0.15) is 0 Å². The lowest BCUT2D eigenvalue weighted by Crippen LogP contribution is -2.43. The minimum Gasteiger partial charge on any atom is -0.466 e. The quantitative estimate of drug-likeness (QED) is 0.359. The van der Waals surface area contributed by atoms with E-state index in [1.807, 2.05) is 0 Å². The van der Waals surface area contributed by atoms with Crippen LogP contribution < -0.4 is 4.90 Å². The van der Waals surface area contributed by atoms with Crippen molar-refractivity contribution in [3.63, 3.8) is 0 Å². The molecule has 3 aromatic rings. The van der Waals surface area contributed by atoms with Crippen LogP contribution in [0, 0.1) is 5.92 Å². The van der Waals surface area contributed by atoms with Gasteiger partial charge in [0.25, 0.3) is 0 Å². The largest absolute Gasteiger partial charge is 0.466 e. The smallest absolute Gasteiger partial charge is 0.421 e. The Hall–Kier alpha value is -3.97. The molecule has 0 fully saturated rings.